The minimum absolute atomic E-state index is 0.0164. The van der Waals surface area contributed by atoms with Crippen LogP contribution >= 0.6 is 0 Å². The molecule has 1 aromatic rings. The summed E-state index contributed by atoms with van der Waals surface area (Å²) in [6.45, 7) is -0.651. The SMILES string of the molecule is COc1cc(-c2oc3cc(=O)cc(O)c-3cc2O[C@@H]2O[C@H](CO)[C@@H](O)[C@H](O)[C@H]2O)ccc1O. The van der Waals surface area contributed by atoms with Crippen LogP contribution in [0.3, 0.4) is 0 Å². The van der Waals surface area contributed by atoms with E-state index in [0.717, 1.165) is 12.1 Å². The summed E-state index contributed by atoms with van der Waals surface area (Å²) < 4.78 is 22.1. The van der Waals surface area contributed by atoms with Gasteiger partial charge in [-0.15, -0.1) is 0 Å². The summed E-state index contributed by atoms with van der Waals surface area (Å²) in [6, 6.07) is 7.73. The van der Waals surface area contributed by atoms with Crippen LogP contribution in [0.15, 0.2) is 45.6 Å². The predicted molar refractivity (Wildman–Crippen MR) is 111 cm³/mol. The summed E-state index contributed by atoms with van der Waals surface area (Å²) in [4.78, 5) is 11.8. The third kappa shape index (κ3) is 4.19. The molecule has 0 amide bonds. The van der Waals surface area contributed by atoms with Crippen LogP contribution in [0.5, 0.6) is 23.0 Å². The van der Waals surface area contributed by atoms with Crippen molar-refractivity contribution in [2.45, 2.75) is 30.7 Å². The van der Waals surface area contributed by atoms with Gasteiger partial charge in [-0.3, -0.25) is 4.79 Å². The number of fused-ring (bicyclic) bond motifs is 1. The maximum absolute atomic E-state index is 11.8. The number of rotatable bonds is 5. The van der Waals surface area contributed by atoms with Crippen LogP contribution in [0.25, 0.3) is 22.6 Å². The lowest BCUT2D eigenvalue weighted by Gasteiger charge is -2.39. The van der Waals surface area contributed by atoms with Crippen LogP contribution in [0.4, 0.5) is 0 Å². The lowest BCUT2D eigenvalue weighted by atomic mass is 9.99. The average Bonchev–Trinajstić information content (AvgIpc) is 2.79. The second-order valence-corrected chi connectivity index (χ2v) is 7.50. The highest BCUT2D eigenvalue weighted by Gasteiger charge is 2.45. The van der Waals surface area contributed by atoms with Crippen molar-refractivity contribution < 1.29 is 49.3 Å². The van der Waals surface area contributed by atoms with Crippen molar-refractivity contribution >= 4 is 0 Å². The zero-order valence-electron chi connectivity index (χ0n) is 17.3. The van der Waals surface area contributed by atoms with Crippen LogP contribution in [-0.2, 0) is 4.74 Å². The normalized spacial score (nSPS) is 25.2. The van der Waals surface area contributed by atoms with E-state index in [2.05, 4.69) is 0 Å². The van der Waals surface area contributed by atoms with Gasteiger partial charge in [0.25, 0.3) is 0 Å². The van der Waals surface area contributed by atoms with Crippen molar-refractivity contribution in [1.29, 1.82) is 0 Å². The standard InChI is InChI=1S/C22H22O11/c1-30-15-4-9(2-3-12(15)25)21-16(7-11-13(26)5-10(24)6-14(11)31-21)32-22-20(29)19(28)18(27)17(8-23)33-22/h2-7,17-20,22-23,25-29H,8H2,1H3/t17-,18-,19+,20-,22-/m1/s1. The van der Waals surface area contributed by atoms with Gasteiger partial charge in [-0.05, 0) is 24.3 Å². The summed E-state index contributed by atoms with van der Waals surface area (Å²) in [6.07, 6.45) is -7.69. The highest BCUT2D eigenvalue weighted by molar-refractivity contribution is 5.76. The average molecular weight is 462 g/mol. The second-order valence-electron chi connectivity index (χ2n) is 7.50. The van der Waals surface area contributed by atoms with Crippen molar-refractivity contribution in [3.05, 3.63) is 46.6 Å². The van der Waals surface area contributed by atoms with E-state index in [1.807, 2.05) is 0 Å². The van der Waals surface area contributed by atoms with Gasteiger partial charge in [0.15, 0.2) is 28.4 Å². The minimum atomic E-state index is -1.70. The van der Waals surface area contributed by atoms with E-state index in [9.17, 15) is 35.4 Å². The molecular formula is C22H22O11. The molecule has 0 bridgehead atoms. The quantitative estimate of drug-likeness (QED) is 0.301. The largest absolute Gasteiger partial charge is 0.507 e. The molecule has 0 radical (unpaired) electrons. The first-order valence-corrected chi connectivity index (χ1v) is 9.89. The number of aliphatic hydroxyl groups is 4. The molecule has 2 aliphatic heterocycles. The number of phenols is 2. The van der Waals surface area contributed by atoms with Gasteiger partial charge in [-0.25, -0.2) is 0 Å². The van der Waals surface area contributed by atoms with Gasteiger partial charge in [0.05, 0.1) is 19.3 Å². The second kappa shape index (κ2) is 8.89. The van der Waals surface area contributed by atoms with E-state index in [-0.39, 0.29) is 40.1 Å². The fourth-order valence-electron chi connectivity index (χ4n) is 3.57. The van der Waals surface area contributed by atoms with Gasteiger partial charge in [0.1, 0.15) is 35.9 Å². The van der Waals surface area contributed by atoms with Crippen LogP contribution in [-0.4, -0.2) is 75.1 Å². The molecule has 33 heavy (non-hydrogen) atoms. The Balaban J connectivity index is 1.85. The Hall–Kier alpha value is -3.35. The lowest BCUT2D eigenvalue weighted by Crippen LogP contribution is -2.60. The van der Waals surface area contributed by atoms with E-state index >= 15 is 0 Å². The summed E-state index contributed by atoms with van der Waals surface area (Å²) in [5, 5.41) is 60.0. The Kier molecular flexibility index (Phi) is 6.15. The molecule has 0 spiro atoms. The zero-order valence-corrected chi connectivity index (χ0v) is 17.3. The molecule has 0 saturated carbocycles. The smallest absolute Gasteiger partial charge is 0.229 e. The Morgan fingerprint density at radius 3 is 2.39 bits per heavy atom. The fourth-order valence-corrected chi connectivity index (χ4v) is 3.57. The number of benzene rings is 2. The van der Waals surface area contributed by atoms with E-state index in [1.165, 1.54) is 31.4 Å². The van der Waals surface area contributed by atoms with Crippen molar-refractivity contribution in [1.82, 2.24) is 0 Å². The maximum atomic E-state index is 11.8. The highest BCUT2D eigenvalue weighted by atomic mass is 16.7. The number of aliphatic hydroxyl groups excluding tert-OH is 4. The van der Waals surface area contributed by atoms with Crippen LogP contribution in [0.2, 0.25) is 0 Å². The number of methoxy groups -OCH3 is 1. The van der Waals surface area contributed by atoms with Crippen molar-refractivity contribution in [3.8, 4) is 45.6 Å². The first-order valence-electron chi connectivity index (χ1n) is 9.89. The van der Waals surface area contributed by atoms with Gasteiger partial charge in [0.2, 0.25) is 6.29 Å². The third-order valence-electron chi connectivity index (χ3n) is 5.34. The topological polar surface area (TPSA) is 179 Å². The molecule has 2 heterocycles. The number of hydrogen-bond donors (Lipinski definition) is 6. The van der Waals surface area contributed by atoms with Crippen LogP contribution in [0.1, 0.15) is 0 Å². The fraction of sp³-hybridized carbons (Fsp3) is 0.318. The van der Waals surface area contributed by atoms with E-state index in [1.54, 1.807) is 0 Å². The van der Waals surface area contributed by atoms with Crippen molar-refractivity contribution in [2.24, 2.45) is 0 Å². The summed E-state index contributed by atoms with van der Waals surface area (Å²) in [7, 11) is 1.35. The molecule has 4 rings (SSSR count). The molecule has 1 fully saturated rings. The summed E-state index contributed by atoms with van der Waals surface area (Å²) >= 11 is 0. The molecule has 3 aliphatic rings. The minimum Gasteiger partial charge on any atom is -0.507 e. The van der Waals surface area contributed by atoms with E-state index < -0.39 is 42.7 Å². The van der Waals surface area contributed by atoms with Gasteiger partial charge in [0, 0.05) is 17.7 Å². The number of ether oxygens (including phenoxy) is 3. The van der Waals surface area contributed by atoms with Crippen molar-refractivity contribution in [3.63, 3.8) is 0 Å². The van der Waals surface area contributed by atoms with E-state index in [4.69, 9.17) is 18.6 Å². The molecule has 0 unspecified atom stereocenters. The molecule has 176 valence electrons. The molecule has 1 aromatic carbocycles. The Morgan fingerprint density at radius 1 is 0.939 bits per heavy atom. The summed E-state index contributed by atoms with van der Waals surface area (Å²) in [5.74, 6) is -0.436. The molecule has 0 aromatic heterocycles. The maximum Gasteiger partial charge on any atom is 0.229 e. The Bertz CT molecular complexity index is 1170. The molecule has 6 N–H and O–H groups in total. The van der Waals surface area contributed by atoms with Gasteiger partial charge >= 0.3 is 0 Å². The Morgan fingerprint density at radius 2 is 1.70 bits per heavy atom. The van der Waals surface area contributed by atoms with Crippen molar-refractivity contribution in [2.75, 3.05) is 13.7 Å². The summed E-state index contributed by atoms with van der Waals surface area (Å²) in [5.41, 5.74) is -0.0498. The van der Waals surface area contributed by atoms with Gasteiger partial charge in [-0.1, -0.05) is 0 Å². The molecule has 11 heteroatoms. The first-order chi connectivity index (χ1) is 15.7. The third-order valence-corrected chi connectivity index (χ3v) is 5.34. The van der Waals surface area contributed by atoms with Gasteiger partial charge in [-0.2, -0.15) is 0 Å². The van der Waals surface area contributed by atoms with Crippen LogP contribution < -0.4 is 14.9 Å². The highest BCUT2D eigenvalue weighted by Crippen LogP contribution is 2.43. The number of hydrogen-bond acceptors (Lipinski definition) is 11. The zero-order chi connectivity index (χ0) is 23.9. The number of aromatic hydroxyl groups is 2. The van der Waals surface area contributed by atoms with Crippen LogP contribution in [0, 0.1) is 0 Å². The molecule has 5 atom stereocenters. The Labute approximate surface area is 186 Å². The number of phenolic OH excluding ortho intramolecular Hbond substituents is 2. The molecule has 11 nitrogen and oxygen atoms in total. The molecule has 1 saturated heterocycles. The van der Waals surface area contributed by atoms with Gasteiger partial charge < -0.3 is 49.3 Å². The molecule has 1 aliphatic carbocycles. The monoisotopic (exact) mass is 462 g/mol. The predicted octanol–water partition coefficient (Wildman–Crippen LogP) is 0.0101. The van der Waals surface area contributed by atoms with E-state index in [0.29, 0.717) is 5.56 Å². The molecular weight excluding hydrogens is 440 g/mol. The lowest BCUT2D eigenvalue weighted by molar-refractivity contribution is -0.277. The first kappa shape index (κ1) is 22.8.